The van der Waals surface area contributed by atoms with E-state index in [0.717, 1.165) is 12.8 Å². The highest BCUT2D eigenvalue weighted by molar-refractivity contribution is 7.58. The van der Waals surface area contributed by atoms with Gasteiger partial charge < -0.3 is 20.0 Å². The molecule has 0 bridgehead atoms. The average Bonchev–Trinajstić information content (AvgIpc) is 2.46. The lowest BCUT2D eigenvalue weighted by Crippen LogP contribution is -1.85. The fourth-order valence-electron chi connectivity index (χ4n) is 0.671. The highest BCUT2D eigenvalue weighted by atomic mass is 31.2. The van der Waals surface area contributed by atoms with E-state index in [9.17, 15) is 9.13 Å². The van der Waals surface area contributed by atoms with Crippen LogP contribution in [0.25, 0.3) is 0 Å². The summed E-state index contributed by atoms with van der Waals surface area (Å²) < 4.78 is 21.0. The highest BCUT2D eigenvalue weighted by Gasteiger charge is 2.09. The van der Waals surface area contributed by atoms with E-state index in [-0.39, 0.29) is 13.2 Å². The predicted molar refractivity (Wildman–Crippen MR) is 85.2 cm³/mol. The Balaban J connectivity index is -0.000000218. The van der Waals surface area contributed by atoms with Crippen LogP contribution in [0.2, 0.25) is 0 Å². The minimum Gasteiger partial charge on any atom is -0.396 e. The second-order valence-electron chi connectivity index (χ2n) is 4.11. The molecule has 0 spiro atoms. The minimum absolute atomic E-state index is 0.195. The van der Waals surface area contributed by atoms with Crippen LogP contribution in [0.15, 0.2) is 0 Å². The largest absolute Gasteiger partial charge is 0.396 e. The molecule has 0 aromatic heterocycles. The van der Waals surface area contributed by atoms with Crippen LogP contribution in [0.4, 0.5) is 0 Å². The molecule has 0 fully saturated rings. The predicted octanol–water partition coefficient (Wildman–Crippen LogP) is 2.34. The van der Waals surface area contributed by atoms with Gasteiger partial charge in [-0.3, -0.25) is 9.13 Å². The third kappa shape index (κ3) is 23.4. The summed E-state index contributed by atoms with van der Waals surface area (Å²) in [7, 11) is -5.31. The number of rotatable bonds is 7. The fraction of sp³-hybridized carbons (Fsp3) is 1.00. The van der Waals surface area contributed by atoms with Crippen LogP contribution in [-0.2, 0) is 9.13 Å². The lowest BCUT2D eigenvalue weighted by Gasteiger charge is -2.01. The van der Waals surface area contributed by atoms with Crippen LogP contribution in [0.1, 0.15) is 40.5 Å². The van der Waals surface area contributed by atoms with Gasteiger partial charge >= 0.3 is 0 Å². The van der Waals surface area contributed by atoms with Crippen molar-refractivity contribution >= 4 is 14.7 Å². The van der Waals surface area contributed by atoms with E-state index in [0.29, 0.717) is 24.6 Å². The molecular formula is C12H32O6P2. The second kappa shape index (κ2) is 15.7. The zero-order chi connectivity index (χ0) is 16.7. The molecule has 6 nitrogen and oxygen atoms in total. The van der Waals surface area contributed by atoms with E-state index in [2.05, 4.69) is 0 Å². The average molecular weight is 334 g/mol. The molecule has 0 aromatic rings. The number of hydrogen-bond acceptors (Lipinski definition) is 4. The van der Waals surface area contributed by atoms with Crippen LogP contribution < -0.4 is 0 Å². The van der Waals surface area contributed by atoms with Crippen molar-refractivity contribution in [1.82, 2.24) is 0 Å². The standard InChI is InChI=1S/2C4H11O2P.C4H10O2/c2*1-3-7(5,6)4-2;5-3-1-2-4-6/h2*3-4H2,1-2H3,(H,5,6);5-6H,1-4H2. The van der Waals surface area contributed by atoms with Gasteiger partial charge in [-0.1, -0.05) is 27.7 Å². The van der Waals surface area contributed by atoms with Crippen LogP contribution in [0, 0.1) is 0 Å². The number of hydrogen-bond donors (Lipinski definition) is 4. The van der Waals surface area contributed by atoms with Crippen LogP contribution in [0.5, 0.6) is 0 Å². The first-order valence-corrected chi connectivity index (χ1v) is 11.1. The topological polar surface area (TPSA) is 115 Å². The van der Waals surface area contributed by atoms with Crippen molar-refractivity contribution in [3.05, 3.63) is 0 Å². The molecule has 0 amide bonds. The molecule has 0 aliphatic heterocycles. The van der Waals surface area contributed by atoms with Gasteiger partial charge in [-0.2, -0.15) is 0 Å². The van der Waals surface area contributed by atoms with E-state index >= 15 is 0 Å². The monoisotopic (exact) mass is 334 g/mol. The van der Waals surface area contributed by atoms with Crippen molar-refractivity contribution in [3.63, 3.8) is 0 Å². The molecule has 0 saturated heterocycles. The third-order valence-electron chi connectivity index (χ3n) is 2.54. The lowest BCUT2D eigenvalue weighted by molar-refractivity contribution is 0.242. The molecular weight excluding hydrogens is 302 g/mol. The molecule has 0 aliphatic carbocycles. The van der Waals surface area contributed by atoms with E-state index in [4.69, 9.17) is 20.0 Å². The Bertz CT molecular complexity index is 239. The van der Waals surface area contributed by atoms with E-state index in [1.165, 1.54) is 0 Å². The van der Waals surface area contributed by atoms with Crippen molar-refractivity contribution in [1.29, 1.82) is 0 Å². The highest BCUT2D eigenvalue weighted by Crippen LogP contribution is 2.38. The van der Waals surface area contributed by atoms with Gasteiger partial charge in [-0.25, -0.2) is 0 Å². The van der Waals surface area contributed by atoms with Crippen LogP contribution in [0.3, 0.4) is 0 Å². The molecule has 4 N–H and O–H groups in total. The van der Waals surface area contributed by atoms with Gasteiger partial charge in [0.15, 0.2) is 14.7 Å². The summed E-state index contributed by atoms with van der Waals surface area (Å²) in [5.74, 6) is 0. The Morgan fingerprint density at radius 2 is 0.850 bits per heavy atom. The van der Waals surface area contributed by atoms with Gasteiger partial charge in [0.25, 0.3) is 0 Å². The summed E-state index contributed by atoms with van der Waals surface area (Å²) in [6, 6.07) is 0. The normalized spacial score (nSPS) is 11.0. The van der Waals surface area contributed by atoms with Gasteiger partial charge in [0.1, 0.15) is 0 Å². The molecule has 126 valence electrons. The number of unbranched alkanes of at least 4 members (excludes halogenated alkanes) is 1. The summed E-state index contributed by atoms with van der Waals surface area (Å²) in [4.78, 5) is 17.4. The van der Waals surface area contributed by atoms with E-state index < -0.39 is 14.7 Å². The molecule has 0 rings (SSSR count). The Labute approximate surface area is 123 Å². The number of aliphatic hydroxyl groups is 2. The summed E-state index contributed by atoms with van der Waals surface area (Å²) in [6.45, 7) is 7.30. The molecule has 0 heterocycles. The van der Waals surface area contributed by atoms with Crippen LogP contribution in [-0.4, -0.2) is 57.9 Å². The molecule has 0 saturated carbocycles. The molecule has 0 radical (unpaired) electrons. The first-order valence-electron chi connectivity index (χ1n) is 6.99. The SMILES string of the molecule is CCP(=O)(O)CC.CCP(=O)(O)CC.OCCCCO. The summed E-state index contributed by atoms with van der Waals surface area (Å²) >= 11 is 0. The Hall–Kier alpha value is 0.300. The molecule has 8 heteroatoms. The maximum atomic E-state index is 10.5. The van der Waals surface area contributed by atoms with Crippen molar-refractivity contribution in [2.45, 2.75) is 40.5 Å². The molecule has 0 aromatic carbocycles. The quantitative estimate of drug-likeness (QED) is 0.420. The van der Waals surface area contributed by atoms with E-state index in [1.54, 1.807) is 27.7 Å². The second-order valence-corrected chi connectivity index (χ2v) is 10.0. The Morgan fingerprint density at radius 1 is 0.650 bits per heavy atom. The molecule has 20 heavy (non-hydrogen) atoms. The fourth-order valence-corrected chi connectivity index (χ4v) is 1.57. The Morgan fingerprint density at radius 3 is 0.900 bits per heavy atom. The summed E-state index contributed by atoms with van der Waals surface area (Å²) in [5.41, 5.74) is 0. The molecule has 0 unspecified atom stereocenters. The van der Waals surface area contributed by atoms with Crippen LogP contribution >= 0.6 is 14.7 Å². The lowest BCUT2D eigenvalue weighted by atomic mass is 10.3. The first kappa shape index (κ1) is 25.3. The number of aliphatic hydroxyl groups excluding tert-OH is 2. The zero-order valence-electron chi connectivity index (χ0n) is 13.2. The molecule has 0 atom stereocenters. The zero-order valence-corrected chi connectivity index (χ0v) is 14.9. The minimum atomic E-state index is -2.65. The maximum absolute atomic E-state index is 10.5. The van der Waals surface area contributed by atoms with Gasteiger partial charge in [0.2, 0.25) is 0 Å². The van der Waals surface area contributed by atoms with E-state index in [1.807, 2.05) is 0 Å². The van der Waals surface area contributed by atoms with Crippen molar-refractivity contribution in [3.8, 4) is 0 Å². The molecule has 0 aliphatic rings. The third-order valence-corrected chi connectivity index (χ3v) is 6.50. The van der Waals surface area contributed by atoms with Gasteiger partial charge in [-0.05, 0) is 12.8 Å². The van der Waals surface area contributed by atoms with Crippen molar-refractivity contribution in [2.75, 3.05) is 37.9 Å². The van der Waals surface area contributed by atoms with Crippen molar-refractivity contribution in [2.24, 2.45) is 0 Å². The first-order chi connectivity index (χ1) is 9.16. The maximum Gasteiger partial charge on any atom is 0.200 e. The van der Waals surface area contributed by atoms with Gasteiger partial charge in [-0.15, -0.1) is 0 Å². The van der Waals surface area contributed by atoms with Gasteiger partial charge in [0.05, 0.1) is 0 Å². The van der Waals surface area contributed by atoms with Crippen molar-refractivity contribution < 1.29 is 29.1 Å². The van der Waals surface area contributed by atoms with Gasteiger partial charge in [0, 0.05) is 37.9 Å². The summed E-state index contributed by atoms with van der Waals surface area (Å²) in [5, 5.41) is 16.2. The Kier molecular flexibility index (Phi) is 19.8. The smallest absolute Gasteiger partial charge is 0.200 e. The summed E-state index contributed by atoms with van der Waals surface area (Å²) in [6.07, 6.45) is 3.06.